The lowest BCUT2D eigenvalue weighted by Crippen LogP contribution is -2.50. The lowest BCUT2D eigenvalue weighted by atomic mass is 10.3. The quantitative estimate of drug-likeness (QED) is 0.207. The summed E-state index contributed by atoms with van der Waals surface area (Å²) >= 11 is 0. The van der Waals surface area contributed by atoms with Gasteiger partial charge >= 0.3 is 5.97 Å². The van der Waals surface area contributed by atoms with Crippen LogP contribution in [-0.2, 0) is 19.6 Å². The minimum Gasteiger partial charge on any atom is -0.748 e. The molecule has 6 nitrogen and oxygen atoms in total. The monoisotopic (exact) mass is 293 g/mol. The highest BCUT2D eigenvalue weighted by Gasteiger charge is 2.24. The van der Waals surface area contributed by atoms with Gasteiger partial charge in [-0.2, -0.15) is 0 Å². The summed E-state index contributed by atoms with van der Waals surface area (Å²) in [7, 11) is -4.18. The number of nitrogens with zero attached hydrogens (tertiary/aromatic N) is 1. The molecule has 0 aliphatic rings. The van der Waals surface area contributed by atoms with E-state index in [1.165, 1.54) is 6.08 Å². The van der Waals surface area contributed by atoms with Crippen LogP contribution in [0, 0.1) is 0 Å². The topological polar surface area (TPSA) is 83.5 Å². The fraction of sp³-hybridized carbons (Fsp3) is 0.750. The molecule has 112 valence electrons. The van der Waals surface area contributed by atoms with Gasteiger partial charge in [-0.05, 0) is 20.8 Å². The molecule has 0 aromatic carbocycles. The smallest absolute Gasteiger partial charge is 0.334 e. The minimum atomic E-state index is -4.18. The van der Waals surface area contributed by atoms with Crippen molar-refractivity contribution < 1.29 is 27.0 Å². The molecular formula is C12H23NO5S. The van der Waals surface area contributed by atoms with Crippen LogP contribution in [0.3, 0.4) is 0 Å². The molecule has 0 saturated carbocycles. The number of rotatable bonds is 9. The summed E-state index contributed by atoms with van der Waals surface area (Å²) in [6, 6.07) is 0. The second-order valence-corrected chi connectivity index (χ2v) is 5.93. The number of carbonyl (C=O) groups is 1. The summed E-state index contributed by atoms with van der Waals surface area (Å²) in [5.41, 5.74) is 0. The molecule has 0 heterocycles. The number of esters is 1. The first-order valence-corrected chi connectivity index (χ1v) is 7.94. The number of hydrogen-bond acceptors (Lipinski definition) is 5. The van der Waals surface area contributed by atoms with Crippen molar-refractivity contribution in [3.05, 3.63) is 12.2 Å². The molecule has 0 rings (SSSR count). The maximum atomic E-state index is 11.3. The van der Waals surface area contributed by atoms with Gasteiger partial charge in [0.25, 0.3) is 0 Å². The number of allylic oxidation sites excluding steroid dienone is 1. The van der Waals surface area contributed by atoms with Crippen molar-refractivity contribution in [3.63, 3.8) is 0 Å². The van der Waals surface area contributed by atoms with Crippen LogP contribution in [0.4, 0.5) is 0 Å². The maximum absolute atomic E-state index is 11.3. The van der Waals surface area contributed by atoms with E-state index in [4.69, 9.17) is 4.74 Å². The maximum Gasteiger partial charge on any atom is 0.334 e. The first-order chi connectivity index (χ1) is 8.78. The van der Waals surface area contributed by atoms with Crippen LogP contribution in [0.15, 0.2) is 12.2 Å². The average molecular weight is 293 g/mol. The predicted molar refractivity (Wildman–Crippen MR) is 71.2 cm³/mol. The van der Waals surface area contributed by atoms with Crippen molar-refractivity contribution in [1.29, 1.82) is 0 Å². The molecule has 0 saturated heterocycles. The Bertz CT molecular complexity index is 398. The van der Waals surface area contributed by atoms with Crippen LogP contribution in [0.25, 0.3) is 0 Å². The summed E-state index contributed by atoms with van der Waals surface area (Å²) in [6.07, 6.45) is 3.20. The summed E-state index contributed by atoms with van der Waals surface area (Å²) in [6.45, 7) is 7.71. The molecule has 0 aromatic rings. The summed E-state index contributed by atoms with van der Waals surface area (Å²) in [5.74, 6) is -0.793. The SMILES string of the molecule is CC=CC(=O)OC[N+](CC)(CC)CCCS(=O)(=O)[O-]. The van der Waals surface area contributed by atoms with E-state index in [1.807, 2.05) is 13.8 Å². The third-order valence-electron chi connectivity index (χ3n) is 3.15. The fourth-order valence-electron chi connectivity index (χ4n) is 1.75. The fourth-order valence-corrected chi connectivity index (χ4v) is 2.23. The predicted octanol–water partition coefficient (Wildman–Crippen LogP) is 0.855. The van der Waals surface area contributed by atoms with Gasteiger partial charge in [-0.3, -0.25) is 4.48 Å². The first-order valence-electron chi connectivity index (χ1n) is 6.36. The van der Waals surface area contributed by atoms with Gasteiger partial charge in [0.2, 0.25) is 6.73 Å². The van der Waals surface area contributed by atoms with Crippen molar-refractivity contribution >= 4 is 16.1 Å². The minimum absolute atomic E-state index is 0.190. The summed E-state index contributed by atoms with van der Waals surface area (Å²) in [4.78, 5) is 11.3. The van der Waals surface area contributed by atoms with Gasteiger partial charge < -0.3 is 9.29 Å². The molecular weight excluding hydrogens is 270 g/mol. The van der Waals surface area contributed by atoms with E-state index in [-0.39, 0.29) is 18.9 Å². The lowest BCUT2D eigenvalue weighted by Gasteiger charge is -2.35. The third kappa shape index (κ3) is 7.97. The molecule has 0 radical (unpaired) electrons. The van der Waals surface area contributed by atoms with Crippen LogP contribution in [0.2, 0.25) is 0 Å². The number of quaternary nitrogens is 1. The normalized spacial score (nSPS) is 12.8. The number of carbonyl (C=O) groups excluding carboxylic acids is 1. The second-order valence-electron chi connectivity index (χ2n) is 4.41. The highest BCUT2D eigenvalue weighted by Crippen LogP contribution is 2.09. The molecule has 0 aliphatic heterocycles. The van der Waals surface area contributed by atoms with Crippen LogP contribution in [0.5, 0.6) is 0 Å². The highest BCUT2D eigenvalue weighted by molar-refractivity contribution is 7.85. The van der Waals surface area contributed by atoms with E-state index in [0.29, 0.717) is 24.1 Å². The standard InChI is InChI=1S/C12H23NO5S/c1-4-8-12(14)18-11-13(5-2,6-3)9-7-10-19(15,16)17/h4,8H,5-7,9-11H2,1-3H3. The molecule has 0 N–H and O–H groups in total. The van der Waals surface area contributed by atoms with Gasteiger partial charge in [-0.1, -0.05) is 6.08 Å². The molecule has 0 fully saturated rings. The van der Waals surface area contributed by atoms with Crippen LogP contribution >= 0.6 is 0 Å². The molecule has 0 spiro atoms. The molecule has 7 heteroatoms. The lowest BCUT2D eigenvalue weighted by molar-refractivity contribution is -0.940. The molecule has 0 amide bonds. The molecule has 0 aliphatic carbocycles. The van der Waals surface area contributed by atoms with E-state index in [2.05, 4.69) is 0 Å². The van der Waals surface area contributed by atoms with E-state index >= 15 is 0 Å². The van der Waals surface area contributed by atoms with Crippen LogP contribution in [0.1, 0.15) is 27.2 Å². The summed E-state index contributed by atoms with van der Waals surface area (Å²) < 4.78 is 37.4. The van der Waals surface area contributed by atoms with Gasteiger partial charge in [0.15, 0.2) is 0 Å². The molecule has 19 heavy (non-hydrogen) atoms. The van der Waals surface area contributed by atoms with Crippen molar-refractivity contribution in [2.45, 2.75) is 27.2 Å². The van der Waals surface area contributed by atoms with Gasteiger partial charge in [0.1, 0.15) is 0 Å². The van der Waals surface area contributed by atoms with E-state index in [9.17, 15) is 17.8 Å². The van der Waals surface area contributed by atoms with Gasteiger partial charge in [-0.15, -0.1) is 0 Å². The molecule has 0 unspecified atom stereocenters. The third-order valence-corrected chi connectivity index (χ3v) is 3.94. The van der Waals surface area contributed by atoms with Crippen LogP contribution < -0.4 is 0 Å². The molecule has 0 bridgehead atoms. The van der Waals surface area contributed by atoms with Gasteiger partial charge in [-0.25, -0.2) is 13.2 Å². The molecule has 0 aromatic heterocycles. The Labute approximate surface area is 115 Å². The highest BCUT2D eigenvalue weighted by atomic mass is 32.2. The Morgan fingerprint density at radius 2 is 1.89 bits per heavy atom. The Balaban J connectivity index is 4.45. The number of hydrogen-bond donors (Lipinski definition) is 0. The Hall–Kier alpha value is -0.920. The van der Waals surface area contributed by atoms with Crippen molar-refractivity contribution in [3.8, 4) is 0 Å². The Morgan fingerprint density at radius 1 is 1.32 bits per heavy atom. The second kappa shape index (κ2) is 8.29. The van der Waals surface area contributed by atoms with Crippen molar-refractivity contribution in [2.75, 3.05) is 32.1 Å². The average Bonchev–Trinajstić information content (AvgIpc) is 2.33. The number of ether oxygens (including phenoxy) is 1. The Morgan fingerprint density at radius 3 is 2.32 bits per heavy atom. The summed E-state index contributed by atoms with van der Waals surface area (Å²) in [5, 5.41) is 0. The zero-order chi connectivity index (χ0) is 14.9. The van der Waals surface area contributed by atoms with E-state index < -0.39 is 16.1 Å². The van der Waals surface area contributed by atoms with Crippen molar-refractivity contribution in [1.82, 2.24) is 0 Å². The van der Waals surface area contributed by atoms with E-state index in [0.717, 1.165) is 0 Å². The van der Waals surface area contributed by atoms with E-state index in [1.54, 1.807) is 13.0 Å². The van der Waals surface area contributed by atoms with Crippen LogP contribution in [-0.4, -0.2) is 55.5 Å². The Kier molecular flexibility index (Phi) is 7.89. The molecule has 0 atom stereocenters. The zero-order valence-corrected chi connectivity index (χ0v) is 12.6. The van der Waals surface area contributed by atoms with Crippen molar-refractivity contribution in [2.24, 2.45) is 0 Å². The largest absolute Gasteiger partial charge is 0.748 e. The zero-order valence-electron chi connectivity index (χ0n) is 11.8. The van der Waals surface area contributed by atoms with Gasteiger partial charge in [0, 0.05) is 18.2 Å². The van der Waals surface area contributed by atoms with Gasteiger partial charge in [0.05, 0.1) is 29.8 Å². The first kappa shape index (κ1) is 18.1.